The van der Waals surface area contributed by atoms with Crippen molar-refractivity contribution >= 4 is 5.78 Å². The predicted octanol–water partition coefficient (Wildman–Crippen LogP) is 3.57. The van der Waals surface area contributed by atoms with Gasteiger partial charge in [0.25, 0.3) is 0 Å². The molecule has 0 atom stereocenters. The van der Waals surface area contributed by atoms with Crippen LogP contribution in [0.25, 0.3) is 0 Å². The van der Waals surface area contributed by atoms with E-state index >= 15 is 0 Å². The van der Waals surface area contributed by atoms with E-state index in [0.29, 0.717) is 5.92 Å². The molecule has 1 heterocycles. The van der Waals surface area contributed by atoms with Gasteiger partial charge in [-0.2, -0.15) is 0 Å². The molecule has 18 heavy (non-hydrogen) atoms. The monoisotopic (exact) mass is 247 g/mol. The highest BCUT2D eigenvalue weighted by Crippen LogP contribution is 2.35. The third-order valence-corrected chi connectivity index (χ3v) is 3.31. The van der Waals surface area contributed by atoms with Crippen LogP contribution in [0.2, 0.25) is 0 Å². The minimum Gasteiger partial charge on any atom is -0.377 e. The van der Waals surface area contributed by atoms with Crippen molar-refractivity contribution in [2.75, 3.05) is 13.1 Å². The number of ketones is 1. The van der Waals surface area contributed by atoms with E-state index in [4.69, 9.17) is 0 Å². The summed E-state index contributed by atoms with van der Waals surface area (Å²) in [6.07, 6.45) is 8.04. The second-order valence-electron chi connectivity index (χ2n) is 6.02. The Labute approximate surface area is 111 Å². The van der Waals surface area contributed by atoms with E-state index in [-0.39, 0.29) is 11.2 Å². The number of nitrogens with zero attached hydrogens (tertiary/aromatic N) is 1. The lowest BCUT2D eigenvalue weighted by Crippen LogP contribution is -2.36. The molecule has 0 aromatic heterocycles. The Kier molecular flexibility index (Phi) is 4.94. The van der Waals surface area contributed by atoms with Gasteiger partial charge in [0, 0.05) is 24.9 Å². The molecule has 0 aliphatic carbocycles. The average molecular weight is 247 g/mol. The van der Waals surface area contributed by atoms with Crippen molar-refractivity contribution in [1.29, 1.82) is 0 Å². The van der Waals surface area contributed by atoms with E-state index in [1.807, 2.05) is 0 Å². The maximum Gasteiger partial charge on any atom is 0.183 e. The van der Waals surface area contributed by atoms with Crippen LogP contribution in [0, 0.1) is 11.3 Å². The maximum atomic E-state index is 12.2. The highest BCUT2D eigenvalue weighted by Gasteiger charge is 2.31. The maximum absolute atomic E-state index is 12.2. The first-order valence-electron chi connectivity index (χ1n) is 6.66. The molecule has 0 spiro atoms. The number of carbonyl (C=O) groups is 1. The molecule has 0 fully saturated rings. The van der Waals surface area contributed by atoms with Crippen molar-refractivity contribution in [3.63, 3.8) is 0 Å². The fourth-order valence-electron chi connectivity index (χ4n) is 2.24. The zero-order chi connectivity index (χ0) is 13.8. The van der Waals surface area contributed by atoms with Gasteiger partial charge in [-0.15, -0.1) is 0 Å². The van der Waals surface area contributed by atoms with Crippen LogP contribution in [0.5, 0.6) is 0 Å². The van der Waals surface area contributed by atoms with Crippen LogP contribution >= 0.6 is 0 Å². The molecule has 100 valence electrons. The summed E-state index contributed by atoms with van der Waals surface area (Å²) in [6.45, 7) is 14.3. The standard InChI is InChI=1S/C16H25NO/c1-6-7-8-15(18)14-12-17(11-13(2)3)10-9-16(14,4)5/h6-8,12-13H,1,9-11H2,2-5H3. The van der Waals surface area contributed by atoms with Crippen LogP contribution in [-0.2, 0) is 4.79 Å². The van der Waals surface area contributed by atoms with Gasteiger partial charge >= 0.3 is 0 Å². The van der Waals surface area contributed by atoms with Crippen molar-refractivity contribution in [1.82, 2.24) is 4.90 Å². The molecule has 0 aromatic carbocycles. The number of rotatable bonds is 5. The Bertz CT molecular complexity index is 375. The van der Waals surface area contributed by atoms with Gasteiger partial charge in [0.15, 0.2) is 5.78 Å². The van der Waals surface area contributed by atoms with Crippen LogP contribution in [0.15, 0.2) is 36.6 Å². The fourth-order valence-corrected chi connectivity index (χ4v) is 2.24. The normalized spacial score (nSPS) is 19.2. The summed E-state index contributed by atoms with van der Waals surface area (Å²) in [5.74, 6) is 0.718. The molecule has 0 bridgehead atoms. The SMILES string of the molecule is C=CC=CC(=O)C1=CN(CC(C)C)CCC1(C)C. The van der Waals surface area contributed by atoms with Gasteiger partial charge in [-0.3, -0.25) is 4.79 Å². The van der Waals surface area contributed by atoms with E-state index in [1.54, 1.807) is 18.2 Å². The van der Waals surface area contributed by atoms with Gasteiger partial charge in [0.2, 0.25) is 0 Å². The smallest absolute Gasteiger partial charge is 0.183 e. The molecule has 2 heteroatoms. The third kappa shape index (κ3) is 3.86. The lowest BCUT2D eigenvalue weighted by atomic mass is 9.77. The molecule has 0 aromatic rings. The molecule has 0 saturated carbocycles. The summed E-state index contributed by atoms with van der Waals surface area (Å²) in [5, 5.41) is 0. The minimum atomic E-state index is -0.0317. The average Bonchev–Trinajstić information content (AvgIpc) is 2.27. The van der Waals surface area contributed by atoms with Crippen molar-refractivity contribution in [2.45, 2.75) is 34.1 Å². The largest absolute Gasteiger partial charge is 0.377 e. The Hall–Kier alpha value is -1.31. The highest BCUT2D eigenvalue weighted by atomic mass is 16.1. The Balaban J connectivity index is 2.93. The van der Waals surface area contributed by atoms with Gasteiger partial charge in [-0.1, -0.05) is 46.4 Å². The molecule has 0 radical (unpaired) electrons. The number of allylic oxidation sites excluding steroid dienone is 4. The number of carbonyl (C=O) groups excluding carboxylic acids is 1. The first-order valence-corrected chi connectivity index (χ1v) is 6.66. The summed E-state index contributed by atoms with van der Waals surface area (Å²) in [7, 11) is 0. The summed E-state index contributed by atoms with van der Waals surface area (Å²) in [4.78, 5) is 14.4. The number of hydrogen-bond acceptors (Lipinski definition) is 2. The summed E-state index contributed by atoms with van der Waals surface area (Å²) in [6, 6.07) is 0. The molecule has 0 saturated heterocycles. The van der Waals surface area contributed by atoms with Crippen molar-refractivity contribution in [3.8, 4) is 0 Å². The van der Waals surface area contributed by atoms with Gasteiger partial charge in [-0.05, 0) is 23.8 Å². The van der Waals surface area contributed by atoms with Crippen molar-refractivity contribution in [3.05, 3.63) is 36.6 Å². The minimum absolute atomic E-state index is 0.0317. The Morgan fingerprint density at radius 2 is 2.22 bits per heavy atom. The van der Waals surface area contributed by atoms with E-state index in [1.165, 1.54) is 0 Å². The van der Waals surface area contributed by atoms with Crippen molar-refractivity contribution < 1.29 is 4.79 Å². The van der Waals surface area contributed by atoms with Crippen LogP contribution in [0.3, 0.4) is 0 Å². The van der Waals surface area contributed by atoms with Crippen LogP contribution in [0.1, 0.15) is 34.1 Å². The Morgan fingerprint density at radius 1 is 1.56 bits per heavy atom. The van der Waals surface area contributed by atoms with E-state index < -0.39 is 0 Å². The summed E-state index contributed by atoms with van der Waals surface area (Å²) >= 11 is 0. The summed E-state index contributed by atoms with van der Waals surface area (Å²) in [5.41, 5.74) is 0.878. The van der Waals surface area contributed by atoms with Gasteiger partial charge in [0.1, 0.15) is 0 Å². The van der Waals surface area contributed by atoms with Gasteiger partial charge in [0.05, 0.1) is 0 Å². The van der Waals surface area contributed by atoms with Crippen LogP contribution < -0.4 is 0 Å². The predicted molar refractivity (Wildman–Crippen MR) is 77.2 cm³/mol. The first kappa shape index (κ1) is 14.7. The van der Waals surface area contributed by atoms with Crippen LogP contribution in [0.4, 0.5) is 0 Å². The van der Waals surface area contributed by atoms with E-state index in [0.717, 1.165) is 25.1 Å². The second kappa shape index (κ2) is 6.03. The zero-order valence-electron chi connectivity index (χ0n) is 12.1. The molecule has 1 aliphatic rings. The third-order valence-electron chi connectivity index (χ3n) is 3.31. The molecular weight excluding hydrogens is 222 g/mol. The highest BCUT2D eigenvalue weighted by molar-refractivity contribution is 6.05. The first-order chi connectivity index (χ1) is 8.36. The van der Waals surface area contributed by atoms with Crippen molar-refractivity contribution in [2.24, 2.45) is 11.3 Å². The molecule has 1 aliphatic heterocycles. The molecule has 2 nitrogen and oxygen atoms in total. The topological polar surface area (TPSA) is 20.3 Å². The molecule has 0 amide bonds. The Morgan fingerprint density at radius 3 is 2.78 bits per heavy atom. The summed E-state index contributed by atoms with van der Waals surface area (Å²) < 4.78 is 0. The molecule has 0 unspecified atom stereocenters. The molecule has 0 N–H and O–H groups in total. The quantitative estimate of drug-likeness (QED) is 0.547. The fraction of sp³-hybridized carbons (Fsp3) is 0.562. The molecular formula is C16H25NO. The van der Waals surface area contributed by atoms with E-state index in [2.05, 4.69) is 45.4 Å². The van der Waals surface area contributed by atoms with Gasteiger partial charge < -0.3 is 4.90 Å². The lowest BCUT2D eigenvalue weighted by Gasteiger charge is -2.37. The van der Waals surface area contributed by atoms with Gasteiger partial charge in [-0.25, -0.2) is 0 Å². The molecule has 1 rings (SSSR count). The zero-order valence-corrected chi connectivity index (χ0v) is 12.1. The van der Waals surface area contributed by atoms with Crippen LogP contribution in [-0.4, -0.2) is 23.8 Å². The second-order valence-corrected chi connectivity index (χ2v) is 6.02. The lowest BCUT2D eigenvalue weighted by molar-refractivity contribution is -0.112. The number of hydrogen-bond donors (Lipinski definition) is 0. The van der Waals surface area contributed by atoms with E-state index in [9.17, 15) is 4.79 Å².